The van der Waals surface area contributed by atoms with Gasteiger partial charge in [-0.3, -0.25) is 0 Å². The third-order valence-corrected chi connectivity index (χ3v) is 4.25. The van der Waals surface area contributed by atoms with Crippen molar-refractivity contribution in [3.63, 3.8) is 0 Å². The third-order valence-electron chi connectivity index (χ3n) is 4.25. The minimum Gasteiger partial charge on any atom is -0.368 e. The van der Waals surface area contributed by atoms with Crippen molar-refractivity contribution in [2.75, 3.05) is 37.6 Å². The lowest BCUT2D eigenvalue weighted by molar-refractivity contribution is 0.193. The van der Waals surface area contributed by atoms with Gasteiger partial charge in [0.1, 0.15) is 0 Å². The van der Waals surface area contributed by atoms with Gasteiger partial charge in [0, 0.05) is 38.4 Å². The number of anilines is 1. The van der Waals surface area contributed by atoms with Gasteiger partial charge in [0.2, 0.25) is 0 Å². The molecule has 0 atom stereocenters. The molecule has 4 heteroatoms. The lowest BCUT2D eigenvalue weighted by Gasteiger charge is -2.37. The third kappa shape index (κ3) is 3.93. The summed E-state index contributed by atoms with van der Waals surface area (Å²) in [6, 6.07) is 6.60. The van der Waals surface area contributed by atoms with Crippen LogP contribution in [-0.4, -0.2) is 43.7 Å². The molecule has 0 aromatic heterocycles. The number of carbonyl (C=O) groups excluding carboxylic acids is 1. The molecule has 1 aliphatic heterocycles. The Morgan fingerprint density at radius 1 is 1.23 bits per heavy atom. The van der Waals surface area contributed by atoms with Crippen LogP contribution in [0.3, 0.4) is 0 Å². The van der Waals surface area contributed by atoms with E-state index in [1.165, 1.54) is 16.8 Å². The van der Waals surface area contributed by atoms with Gasteiger partial charge in [-0.1, -0.05) is 39.0 Å². The number of benzene rings is 1. The van der Waals surface area contributed by atoms with Crippen LogP contribution in [0.2, 0.25) is 0 Å². The zero-order chi connectivity index (χ0) is 16.1. The molecule has 122 valence electrons. The first-order valence-electron chi connectivity index (χ1n) is 8.39. The SMILES string of the molecule is CCc1cccc(C)c1N1CCN(C(=O)NCC(C)C)CC1. The Morgan fingerprint density at radius 2 is 1.91 bits per heavy atom. The minimum absolute atomic E-state index is 0.0776. The molecule has 4 nitrogen and oxygen atoms in total. The van der Waals surface area contributed by atoms with Gasteiger partial charge in [-0.05, 0) is 30.4 Å². The number of para-hydroxylation sites is 1. The molecule has 0 saturated carbocycles. The van der Waals surface area contributed by atoms with Crippen molar-refractivity contribution in [1.82, 2.24) is 10.2 Å². The van der Waals surface area contributed by atoms with Crippen molar-refractivity contribution in [3.8, 4) is 0 Å². The van der Waals surface area contributed by atoms with E-state index in [4.69, 9.17) is 0 Å². The van der Waals surface area contributed by atoms with Gasteiger partial charge in [-0.2, -0.15) is 0 Å². The summed E-state index contributed by atoms with van der Waals surface area (Å²) in [4.78, 5) is 16.5. The second-order valence-electron chi connectivity index (χ2n) is 6.49. The van der Waals surface area contributed by atoms with E-state index in [2.05, 4.69) is 56.1 Å². The Hall–Kier alpha value is -1.71. The molecule has 2 rings (SSSR count). The predicted octanol–water partition coefficient (Wildman–Crippen LogP) is 3.05. The Bertz CT molecular complexity index is 505. The fourth-order valence-electron chi connectivity index (χ4n) is 2.99. The Labute approximate surface area is 134 Å². The second kappa shape index (κ2) is 7.52. The molecule has 1 saturated heterocycles. The number of hydrogen-bond acceptors (Lipinski definition) is 2. The van der Waals surface area contributed by atoms with Gasteiger partial charge in [-0.25, -0.2) is 4.79 Å². The molecule has 22 heavy (non-hydrogen) atoms. The molecule has 1 heterocycles. The van der Waals surface area contributed by atoms with Crippen LogP contribution in [0.1, 0.15) is 31.9 Å². The molecule has 1 aromatic carbocycles. The summed E-state index contributed by atoms with van der Waals surface area (Å²) in [6.07, 6.45) is 1.05. The molecule has 0 spiro atoms. The quantitative estimate of drug-likeness (QED) is 0.928. The highest BCUT2D eigenvalue weighted by Gasteiger charge is 2.23. The van der Waals surface area contributed by atoms with Gasteiger partial charge in [-0.15, -0.1) is 0 Å². The molecular weight excluding hydrogens is 274 g/mol. The normalized spacial score (nSPS) is 15.3. The van der Waals surface area contributed by atoms with E-state index >= 15 is 0 Å². The number of carbonyl (C=O) groups is 1. The fourth-order valence-corrected chi connectivity index (χ4v) is 2.99. The van der Waals surface area contributed by atoms with E-state index in [1.807, 2.05) is 4.90 Å². The number of piperazine rings is 1. The summed E-state index contributed by atoms with van der Waals surface area (Å²) in [5.41, 5.74) is 4.10. The van der Waals surface area contributed by atoms with Crippen LogP contribution >= 0.6 is 0 Å². The topological polar surface area (TPSA) is 35.6 Å². The maximum absolute atomic E-state index is 12.1. The zero-order valence-electron chi connectivity index (χ0n) is 14.4. The number of hydrogen-bond donors (Lipinski definition) is 1. The fraction of sp³-hybridized carbons (Fsp3) is 0.611. The summed E-state index contributed by atoms with van der Waals surface area (Å²) in [5, 5.41) is 3.01. The van der Waals surface area contributed by atoms with Gasteiger partial charge in [0.15, 0.2) is 0 Å². The summed E-state index contributed by atoms with van der Waals surface area (Å²) in [5.74, 6) is 0.490. The molecule has 1 N–H and O–H groups in total. The Kier molecular flexibility index (Phi) is 5.69. The monoisotopic (exact) mass is 303 g/mol. The molecule has 1 aromatic rings. The molecule has 1 fully saturated rings. The Balaban J connectivity index is 1.96. The first kappa shape index (κ1) is 16.7. The number of amides is 2. The number of nitrogens with one attached hydrogen (secondary N) is 1. The van der Waals surface area contributed by atoms with E-state index in [-0.39, 0.29) is 6.03 Å². The molecule has 0 bridgehead atoms. The lowest BCUT2D eigenvalue weighted by Crippen LogP contribution is -2.52. The molecule has 2 amide bonds. The van der Waals surface area contributed by atoms with Crippen molar-refractivity contribution in [3.05, 3.63) is 29.3 Å². The second-order valence-corrected chi connectivity index (χ2v) is 6.49. The maximum Gasteiger partial charge on any atom is 0.317 e. The summed E-state index contributed by atoms with van der Waals surface area (Å²) >= 11 is 0. The number of rotatable bonds is 4. The standard InChI is InChI=1S/C18H29N3O/c1-5-16-8-6-7-15(4)17(16)20-9-11-21(12-10-20)18(22)19-13-14(2)3/h6-8,14H,5,9-13H2,1-4H3,(H,19,22). The van der Waals surface area contributed by atoms with E-state index in [1.54, 1.807) is 0 Å². The lowest BCUT2D eigenvalue weighted by atomic mass is 10.0. The van der Waals surface area contributed by atoms with Crippen molar-refractivity contribution in [1.29, 1.82) is 0 Å². The van der Waals surface area contributed by atoms with Gasteiger partial charge in [0.25, 0.3) is 0 Å². The van der Waals surface area contributed by atoms with Crippen molar-refractivity contribution < 1.29 is 4.79 Å². The van der Waals surface area contributed by atoms with Crippen LogP contribution < -0.4 is 10.2 Å². The predicted molar refractivity (Wildman–Crippen MR) is 92.6 cm³/mol. The first-order chi connectivity index (χ1) is 10.5. The molecule has 0 aliphatic carbocycles. The molecule has 1 aliphatic rings. The van der Waals surface area contributed by atoms with E-state index in [0.29, 0.717) is 5.92 Å². The van der Waals surface area contributed by atoms with E-state index < -0.39 is 0 Å². The van der Waals surface area contributed by atoms with Gasteiger partial charge in [0.05, 0.1) is 0 Å². The van der Waals surface area contributed by atoms with Crippen LogP contribution in [0, 0.1) is 12.8 Å². The van der Waals surface area contributed by atoms with Crippen LogP contribution in [0.15, 0.2) is 18.2 Å². The number of nitrogens with zero attached hydrogens (tertiary/aromatic N) is 2. The van der Waals surface area contributed by atoms with Crippen LogP contribution in [0.4, 0.5) is 10.5 Å². The highest BCUT2D eigenvalue weighted by atomic mass is 16.2. The largest absolute Gasteiger partial charge is 0.368 e. The molecular formula is C18H29N3O. The maximum atomic E-state index is 12.1. The van der Waals surface area contributed by atoms with Gasteiger partial charge < -0.3 is 15.1 Å². The van der Waals surface area contributed by atoms with E-state index in [0.717, 1.165) is 39.1 Å². The highest BCUT2D eigenvalue weighted by molar-refractivity contribution is 5.74. The first-order valence-corrected chi connectivity index (χ1v) is 8.39. The average Bonchev–Trinajstić information content (AvgIpc) is 2.52. The van der Waals surface area contributed by atoms with Crippen LogP contribution in [0.25, 0.3) is 0 Å². The van der Waals surface area contributed by atoms with Crippen molar-refractivity contribution in [2.24, 2.45) is 5.92 Å². The van der Waals surface area contributed by atoms with Crippen molar-refractivity contribution in [2.45, 2.75) is 34.1 Å². The summed E-state index contributed by atoms with van der Waals surface area (Å²) in [6.45, 7) is 12.8. The highest BCUT2D eigenvalue weighted by Crippen LogP contribution is 2.26. The Morgan fingerprint density at radius 3 is 2.50 bits per heavy atom. The van der Waals surface area contributed by atoms with E-state index in [9.17, 15) is 4.79 Å². The minimum atomic E-state index is 0.0776. The zero-order valence-corrected chi connectivity index (χ0v) is 14.4. The molecule has 0 radical (unpaired) electrons. The summed E-state index contributed by atoms with van der Waals surface area (Å²) < 4.78 is 0. The molecule has 0 unspecified atom stereocenters. The number of urea groups is 1. The van der Waals surface area contributed by atoms with Crippen LogP contribution in [0.5, 0.6) is 0 Å². The van der Waals surface area contributed by atoms with Gasteiger partial charge >= 0.3 is 6.03 Å². The van der Waals surface area contributed by atoms with Crippen molar-refractivity contribution >= 4 is 11.7 Å². The average molecular weight is 303 g/mol. The van der Waals surface area contributed by atoms with Crippen LogP contribution in [-0.2, 0) is 6.42 Å². The smallest absolute Gasteiger partial charge is 0.317 e. The summed E-state index contributed by atoms with van der Waals surface area (Å²) in [7, 11) is 0. The number of aryl methyl sites for hydroxylation is 2.